The fraction of sp³-hybridized carbons (Fsp3) is 0.185. The second-order valence-corrected chi connectivity index (χ2v) is 7.64. The van der Waals surface area contributed by atoms with Crippen molar-refractivity contribution in [2.45, 2.75) is 27.2 Å². The molecule has 3 aromatic carbocycles. The van der Waals surface area contributed by atoms with E-state index in [9.17, 15) is 9.59 Å². The Morgan fingerprint density at radius 3 is 2.19 bits per heavy atom. The molecule has 0 radical (unpaired) electrons. The van der Waals surface area contributed by atoms with Gasteiger partial charge in [0.05, 0.1) is 17.9 Å². The van der Waals surface area contributed by atoms with Crippen molar-refractivity contribution in [3.63, 3.8) is 0 Å². The summed E-state index contributed by atoms with van der Waals surface area (Å²) in [5.41, 5.74) is 4.77. The van der Waals surface area contributed by atoms with Gasteiger partial charge in [0, 0.05) is 5.69 Å². The molecule has 32 heavy (non-hydrogen) atoms. The van der Waals surface area contributed by atoms with E-state index in [1.165, 1.54) is 10.5 Å². The molecule has 1 aliphatic rings. The zero-order valence-corrected chi connectivity index (χ0v) is 18.5. The molecular weight excluding hydrogens is 400 g/mol. The standard InChI is InChI=1S/C27H26N2O3/c1-4-19-12-16-21(17-13-19)28-25-24(20-14-10-18(3)11-15-20)26(30)29(27(25)31)22-8-6-7-9-23(22)32-5-2/h6-17,28H,4-5H2,1-3H3. The number of rotatable bonds is 7. The lowest BCUT2D eigenvalue weighted by Gasteiger charge is -2.19. The lowest BCUT2D eigenvalue weighted by Crippen LogP contribution is -2.32. The number of nitrogens with one attached hydrogen (secondary N) is 1. The van der Waals surface area contributed by atoms with E-state index < -0.39 is 5.91 Å². The van der Waals surface area contributed by atoms with Crippen LogP contribution >= 0.6 is 0 Å². The van der Waals surface area contributed by atoms with Crippen LogP contribution in [0, 0.1) is 6.92 Å². The molecule has 0 bridgehead atoms. The molecule has 1 aliphatic heterocycles. The molecule has 0 saturated carbocycles. The molecule has 0 spiro atoms. The topological polar surface area (TPSA) is 58.6 Å². The van der Waals surface area contributed by atoms with Crippen molar-refractivity contribution in [3.8, 4) is 5.75 Å². The van der Waals surface area contributed by atoms with Crippen LogP contribution in [0.1, 0.15) is 30.5 Å². The van der Waals surface area contributed by atoms with Crippen molar-refractivity contribution in [3.05, 3.63) is 95.2 Å². The highest BCUT2D eigenvalue weighted by atomic mass is 16.5. The summed E-state index contributed by atoms with van der Waals surface area (Å²) in [4.78, 5) is 28.4. The second kappa shape index (κ2) is 9.10. The zero-order chi connectivity index (χ0) is 22.7. The Hall–Kier alpha value is -3.86. The number of imide groups is 1. The van der Waals surface area contributed by atoms with Gasteiger partial charge in [-0.05, 0) is 55.7 Å². The summed E-state index contributed by atoms with van der Waals surface area (Å²) in [7, 11) is 0. The minimum atomic E-state index is -0.405. The van der Waals surface area contributed by atoms with E-state index in [2.05, 4.69) is 12.2 Å². The average Bonchev–Trinajstić information content (AvgIpc) is 3.05. The van der Waals surface area contributed by atoms with Crippen molar-refractivity contribution in [1.82, 2.24) is 0 Å². The minimum Gasteiger partial charge on any atom is -0.492 e. The third kappa shape index (κ3) is 4.02. The zero-order valence-electron chi connectivity index (χ0n) is 18.5. The number of nitrogens with zero attached hydrogens (tertiary/aromatic N) is 1. The number of benzene rings is 3. The van der Waals surface area contributed by atoms with Crippen molar-refractivity contribution in [1.29, 1.82) is 0 Å². The van der Waals surface area contributed by atoms with Crippen LogP contribution in [-0.2, 0) is 16.0 Å². The number of anilines is 2. The van der Waals surface area contributed by atoms with Crippen LogP contribution in [0.3, 0.4) is 0 Å². The molecule has 0 aromatic heterocycles. The quantitative estimate of drug-likeness (QED) is 0.517. The van der Waals surface area contributed by atoms with Gasteiger partial charge in [-0.2, -0.15) is 0 Å². The summed E-state index contributed by atoms with van der Waals surface area (Å²) in [5.74, 6) is -0.288. The van der Waals surface area contributed by atoms with Crippen LogP contribution in [-0.4, -0.2) is 18.4 Å². The molecule has 162 valence electrons. The number of aryl methyl sites for hydroxylation is 2. The van der Waals surface area contributed by atoms with E-state index in [0.29, 0.717) is 29.2 Å². The van der Waals surface area contributed by atoms with Crippen molar-refractivity contribution >= 4 is 28.8 Å². The molecule has 0 atom stereocenters. The van der Waals surface area contributed by atoms with Crippen LogP contribution < -0.4 is 15.0 Å². The van der Waals surface area contributed by atoms with E-state index >= 15 is 0 Å². The number of carbonyl (C=O) groups excluding carboxylic acids is 2. The Morgan fingerprint density at radius 2 is 1.53 bits per heavy atom. The maximum absolute atomic E-state index is 13.6. The molecule has 1 heterocycles. The molecule has 4 rings (SSSR count). The van der Waals surface area contributed by atoms with Gasteiger partial charge in [-0.15, -0.1) is 0 Å². The molecule has 1 N–H and O–H groups in total. The minimum absolute atomic E-state index is 0.259. The van der Waals surface area contributed by atoms with Gasteiger partial charge in [0.1, 0.15) is 11.4 Å². The molecule has 5 nitrogen and oxygen atoms in total. The van der Waals surface area contributed by atoms with Crippen molar-refractivity contribution in [2.75, 3.05) is 16.8 Å². The first-order valence-electron chi connectivity index (χ1n) is 10.8. The number of hydrogen-bond donors (Lipinski definition) is 1. The highest BCUT2D eigenvalue weighted by Crippen LogP contribution is 2.37. The predicted octanol–water partition coefficient (Wildman–Crippen LogP) is 5.35. The fourth-order valence-corrected chi connectivity index (χ4v) is 3.74. The molecule has 3 aromatic rings. The number of para-hydroxylation sites is 2. The lowest BCUT2D eigenvalue weighted by atomic mass is 10.0. The third-order valence-corrected chi connectivity index (χ3v) is 5.46. The maximum atomic E-state index is 13.6. The molecule has 0 fully saturated rings. The van der Waals surface area contributed by atoms with Crippen LogP contribution in [0.2, 0.25) is 0 Å². The summed E-state index contributed by atoms with van der Waals surface area (Å²) < 4.78 is 5.70. The Morgan fingerprint density at radius 1 is 0.844 bits per heavy atom. The average molecular weight is 427 g/mol. The van der Waals surface area contributed by atoms with E-state index in [1.807, 2.05) is 68.4 Å². The van der Waals surface area contributed by atoms with Gasteiger partial charge >= 0.3 is 0 Å². The van der Waals surface area contributed by atoms with Crippen molar-refractivity contribution in [2.24, 2.45) is 0 Å². The summed E-state index contributed by atoms with van der Waals surface area (Å²) in [6.45, 7) is 6.37. The van der Waals surface area contributed by atoms with Gasteiger partial charge in [-0.25, -0.2) is 4.90 Å². The first-order valence-corrected chi connectivity index (χ1v) is 10.8. The largest absolute Gasteiger partial charge is 0.492 e. The first-order chi connectivity index (χ1) is 15.5. The SMILES string of the molecule is CCOc1ccccc1N1C(=O)C(Nc2ccc(CC)cc2)=C(c2ccc(C)cc2)C1=O. The summed E-state index contributed by atoms with van der Waals surface area (Å²) in [5, 5.41) is 3.21. The summed E-state index contributed by atoms with van der Waals surface area (Å²) in [6, 6.07) is 22.6. The normalized spacial score (nSPS) is 13.7. The lowest BCUT2D eigenvalue weighted by molar-refractivity contribution is -0.120. The van der Waals surface area contributed by atoms with Crippen LogP contribution in [0.25, 0.3) is 5.57 Å². The van der Waals surface area contributed by atoms with E-state index in [0.717, 1.165) is 17.7 Å². The Bertz CT molecular complexity index is 1180. The van der Waals surface area contributed by atoms with Crippen LogP contribution in [0.4, 0.5) is 11.4 Å². The van der Waals surface area contributed by atoms with Crippen LogP contribution in [0.5, 0.6) is 5.75 Å². The molecule has 5 heteroatoms. The van der Waals surface area contributed by atoms with Gasteiger partial charge in [-0.1, -0.05) is 61.0 Å². The molecule has 2 amide bonds. The summed E-state index contributed by atoms with van der Waals surface area (Å²) in [6.07, 6.45) is 0.928. The van der Waals surface area contributed by atoms with E-state index in [4.69, 9.17) is 4.74 Å². The highest BCUT2D eigenvalue weighted by Gasteiger charge is 2.41. The smallest absolute Gasteiger partial charge is 0.282 e. The number of ether oxygens (including phenoxy) is 1. The summed E-state index contributed by atoms with van der Waals surface area (Å²) >= 11 is 0. The van der Waals surface area contributed by atoms with Crippen LogP contribution in [0.15, 0.2) is 78.5 Å². The molecule has 0 saturated heterocycles. The first kappa shape index (κ1) is 21.4. The third-order valence-electron chi connectivity index (χ3n) is 5.46. The fourth-order valence-electron chi connectivity index (χ4n) is 3.74. The predicted molar refractivity (Wildman–Crippen MR) is 128 cm³/mol. The van der Waals surface area contributed by atoms with Gasteiger partial charge in [-0.3, -0.25) is 9.59 Å². The molecular formula is C27H26N2O3. The van der Waals surface area contributed by atoms with Gasteiger partial charge in [0.15, 0.2) is 0 Å². The van der Waals surface area contributed by atoms with E-state index in [-0.39, 0.29) is 11.6 Å². The molecule has 0 unspecified atom stereocenters. The number of carbonyl (C=O) groups is 2. The highest BCUT2D eigenvalue weighted by molar-refractivity contribution is 6.46. The number of amides is 2. The Kier molecular flexibility index (Phi) is 6.08. The number of hydrogen-bond acceptors (Lipinski definition) is 4. The monoisotopic (exact) mass is 426 g/mol. The maximum Gasteiger partial charge on any atom is 0.282 e. The van der Waals surface area contributed by atoms with Gasteiger partial charge < -0.3 is 10.1 Å². The van der Waals surface area contributed by atoms with E-state index in [1.54, 1.807) is 18.2 Å². The van der Waals surface area contributed by atoms with Crippen molar-refractivity contribution < 1.29 is 14.3 Å². The van der Waals surface area contributed by atoms with Gasteiger partial charge in [0.2, 0.25) is 0 Å². The van der Waals surface area contributed by atoms with Gasteiger partial charge in [0.25, 0.3) is 11.8 Å². The Labute approximate surface area is 188 Å². The molecule has 0 aliphatic carbocycles. The Balaban J connectivity index is 1.80. The second-order valence-electron chi connectivity index (χ2n) is 7.64.